The molecule has 0 unspecified atom stereocenters. The van der Waals surface area contributed by atoms with E-state index in [1.165, 1.54) is 9.87 Å². The molecular weight excluding hydrogens is 430 g/mol. The maximum atomic E-state index is 11.6. The molecule has 4 rings (SSSR count). The van der Waals surface area contributed by atoms with Crippen molar-refractivity contribution in [1.82, 2.24) is 19.3 Å². The van der Waals surface area contributed by atoms with Crippen LogP contribution in [0.25, 0.3) is 22.3 Å². The number of ether oxygens (including phenoxy) is 2. The first kappa shape index (κ1) is 22.5. The summed E-state index contributed by atoms with van der Waals surface area (Å²) in [6, 6.07) is 10.1. The molecule has 1 aliphatic rings. The normalized spacial score (nSPS) is 18.1. The summed E-state index contributed by atoms with van der Waals surface area (Å²) in [6.45, 7) is 7.21. The molecule has 9 nitrogen and oxygen atoms in total. The van der Waals surface area contributed by atoms with Crippen molar-refractivity contribution in [2.45, 2.75) is 32.3 Å². The van der Waals surface area contributed by atoms with Gasteiger partial charge in [-0.15, -0.1) is 0 Å². The molecule has 0 spiro atoms. The lowest BCUT2D eigenvalue weighted by Gasteiger charge is -2.30. The second kappa shape index (κ2) is 8.70. The number of aromatic nitrogens is 3. The Hall–Kier alpha value is -2.66. The molecule has 0 amide bonds. The van der Waals surface area contributed by atoms with Gasteiger partial charge in [0.25, 0.3) is 10.2 Å². The van der Waals surface area contributed by atoms with E-state index in [1.54, 1.807) is 12.4 Å². The molecule has 1 aromatic carbocycles. The summed E-state index contributed by atoms with van der Waals surface area (Å²) in [7, 11) is -3.77. The van der Waals surface area contributed by atoms with Crippen LogP contribution in [-0.4, -0.2) is 60.1 Å². The highest BCUT2D eigenvalue weighted by Gasteiger charge is 2.28. The van der Waals surface area contributed by atoms with Gasteiger partial charge in [0, 0.05) is 31.0 Å². The quantitative estimate of drug-likeness (QED) is 0.624. The van der Waals surface area contributed by atoms with Crippen LogP contribution in [0.4, 0.5) is 0 Å². The number of rotatable bonds is 5. The van der Waals surface area contributed by atoms with E-state index >= 15 is 0 Å². The molecule has 1 fully saturated rings. The van der Waals surface area contributed by atoms with Gasteiger partial charge in [0.2, 0.25) is 5.88 Å². The number of fused-ring (bicyclic) bond motifs is 1. The van der Waals surface area contributed by atoms with Crippen LogP contribution in [0.15, 0.2) is 42.7 Å². The van der Waals surface area contributed by atoms with Crippen LogP contribution in [0.1, 0.15) is 26.3 Å². The molecule has 2 aromatic heterocycles. The number of hydrogen-bond donors (Lipinski definition) is 1. The number of hydrogen-bond acceptors (Lipinski definition) is 7. The van der Waals surface area contributed by atoms with Gasteiger partial charge in [-0.25, -0.2) is 15.1 Å². The zero-order valence-electron chi connectivity index (χ0n) is 18.4. The Morgan fingerprint density at radius 1 is 1.19 bits per heavy atom. The summed E-state index contributed by atoms with van der Waals surface area (Å²) in [6.07, 6.45) is 2.73. The standard InChI is InChI=1S/C22H27N5O4S/c1-22(2,3)16-6-4-15(5-7-16)18-12-19-20(25-9-8-24-19)21(26-18)31-14-17-13-27(10-11-30-17)32(23,28)29/h4-9,12,17H,10-11,13-14H2,1-3H3,(H2,23,28,29)/t17-/m0/s1. The van der Waals surface area contributed by atoms with Crippen molar-refractivity contribution < 1.29 is 17.9 Å². The molecule has 3 aromatic rings. The van der Waals surface area contributed by atoms with E-state index in [2.05, 4.69) is 47.9 Å². The number of benzene rings is 1. The van der Waals surface area contributed by atoms with Gasteiger partial charge in [-0.2, -0.15) is 12.7 Å². The molecule has 0 bridgehead atoms. The van der Waals surface area contributed by atoms with Gasteiger partial charge in [0.1, 0.15) is 12.7 Å². The molecule has 1 saturated heterocycles. The fraction of sp³-hybridized carbons (Fsp3) is 0.409. The van der Waals surface area contributed by atoms with Crippen LogP contribution in [0.3, 0.4) is 0 Å². The topological polar surface area (TPSA) is 121 Å². The first-order chi connectivity index (χ1) is 15.1. The lowest BCUT2D eigenvalue weighted by Crippen LogP contribution is -2.49. The summed E-state index contributed by atoms with van der Waals surface area (Å²) in [5.74, 6) is 0.321. The summed E-state index contributed by atoms with van der Waals surface area (Å²) in [4.78, 5) is 13.4. The van der Waals surface area contributed by atoms with E-state index in [0.717, 1.165) is 5.56 Å². The van der Waals surface area contributed by atoms with Crippen LogP contribution in [0.2, 0.25) is 0 Å². The van der Waals surface area contributed by atoms with Gasteiger partial charge in [-0.3, -0.25) is 4.98 Å². The Bertz CT molecular complexity index is 1210. The van der Waals surface area contributed by atoms with E-state index in [9.17, 15) is 8.42 Å². The van der Waals surface area contributed by atoms with Crippen LogP contribution < -0.4 is 9.88 Å². The maximum Gasteiger partial charge on any atom is 0.277 e. The lowest BCUT2D eigenvalue weighted by atomic mass is 9.86. The van der Waals surface area contributed by atoms with E-state index in [0.29, 0.717) is 22.6 Å². The third kappa shape index (κ3) is 5.04. The largest absolute Gasteiger partial charge is 0.473 e. The minimum atomic E-state index is -3.77. The molecule has 170 valence electrons. The van der Waals surface area contributed by atoms with Gasteiger partial charge in [0.15, 0.2) is 5.52 Å². The monoisotopic (exact) mass is 457 g/mol. The van der Waals surface area contributed by atoms with Crippen LogP contribution in [-0.2, 0) is 20.4 Å². The average Bonchev–Trinajstić information content (AvgIpc) is 2.76. The van der Waals surface area contributed by atoms with Crippen molar-refractivity contribution >= 4 is 21.2 Å². The average molecular weight is 458 g/mol. The highest BCUT2D eigenvalue weighted by Crippen LogP contribution is 2.29. The number of morpholine rings is 1. The van der Waals surface area contributed by atoms with Crippen LogP contribution in [0.5, 0.6) is 5.88 Å². The van der Waals surface area contributed by atoms with Gasteiger partial charge in [-0.1, -0.05) is 45.0 Å². The Kier molecular flexibility index (Phi) is 6.13. The zero-order chi connectivity index (χ0) is 22.9. The minimum absolute atomic E-state index is 0.0555. The molecule has 0 radical (unpaired) electrons. The van der Waals surface area contributed by atoms with E-state index in [-0.39, 0.29) is 31.7 Å². The smallest absolute Gasteiger partial charge is 0.277 e. The van der Waals surface area contributed by atoms with Gasteiger partial charge < -0.3 is 9.47 Å². The molecule has 1 atom stereocenters. The SMILES string of the molecule is CC(C)(C)c1ccc(-c2cc3nccnc3c(OC[C@@H]3CN(S(N)(=O)=O)CCO3)n2)cc1. The van der Waals surface area contributed by atoms with Gasteiger partial charge in [-0.05, 0) is 17.0 Å². The second-order valence-corrected chi connectivity index (χ2v) is 10.3. The predicted octanol–water partition coefficient (Wildman–Crippen LogP) is 2.27. The van der Waals surface area contributed by atoms with E-state index in [1.807, 2.05) is 18.2 Å². The fourth-order valence-corrected chi connectivity index (χ4v) is 4.23. The molecule has 32 heavy (non-hydrogen) atoms. The van der Waals surface area contributed by atoms with E-state index in [4.69, 9.17) is 14.6 Å². The van der Waals surface area contributed by atoms with Gasteiger partial charge in [0.05, 0.1) is 17.8 Å². The third-order valence-electron chi connectivity index (χ3n) is 5.34. The zero-order valence-corrected chi connectivity index (χ0v) is 19.2. The molecular formula is C22H27N5O4S. The molecule has 0 saturated carbocycles. The number of pyridine rings is 1. The summed E-state index contributed by atoms with van der Waals surface area (Å²) >= 11 is 0. The van der Waals surface area contributed by atoms with Crippen molar-refractivity contribution in [3.63, 3.8) is 0 Å². The number of nitrogens with zero attached hydrogens (tertiary/aromatic N) is 4. The maximum absolute atomic E-state index is 11.6. The Morgan fingerprint density at radius 3 is 2.59 bits per heavy atom. The molecule has 10 heteroatoms. The first-order valence-electron chi connectivity index (χ1n) is 10.4. The summed E-state index contributed by atoms with van der Waals surface area (Å²) in [5.41, 5.74) is 4.12. The molecule has 0 aliphatic carbocycles. The van der Waals surface area contributed by atoms with Crippen molar-refractivity contribution in [2.24, 2.45) is 5.14 Å². The van der Waals surface area contributed by atoms with Crippen LogP contribution in [0, 0.1) is 0 Å². The first-order valence-corrected chi connectivity index (χ1v) is 11.9. The summed E-state index contributed by atoms with van der Waals surface area (Å²) < 4.78 is 36.1. The second-order valence-electron chi connectivity index (χ2n) is 8.77. The highest BCUT2D eigenvalue weighted by molar-refractivity contribution is 7.86. The van der Waals surface area contributed by atoms with Crippen molar-refractivity contribution in [3.05, 3.63) is 48.3 Å². The van der Waals surface area contributed by atoms with Crippen molar-refractivity contribution in [2.75, 3.05) is 26.3 Å². The van der Waals surface area contributed by atoms with E-state index < -0.39 is 16.3 Å². The Balaban J connectivity index is 1.60. The Morgan fingerprint density at radius 2 is 1.91 bits per heavy atom. The third-order valence-corrected chi connectivity index (χ3v) is 6.39. The molecule has 1 aliphatic heterocycles. The Labute approximate surface area is 187 Å². The van der Waals surface area contributed by atoms with Crippen molar-refractivity contribution in [1.29, 1.82) is 0 Å². The number of nitrogens with two attached hydrogens (primary N) is 1. The highest BCUT2D eigenvalue weighted by atomic mass is 32.2. The molecule has 3 heterocycles. The van der Waals surface area contributed by atoms with Gasteiger partial charge >= 0.3 is 0 Å². The van der Waals surface area contributed by atoms with Crippen molar-refractivity contribution in [3.8, 4) is 17.1 Å². The lowest BCUT2D eigenvalue weighted by molar-refractivity contribution is -0.0254. The minimum Gasteiger partial charge on any atom is -0.473 e. The predicted molar refractivity (Wildman–Crippen MR) is 121 cm³/mol. The summed E-state index contributed by atoms with van der Waals surface area (Å²) in [5, 5.41) is 5.25. The van der Waals surface area contributed by atoms with Crippen LogP contribution >= 0.6 is 0 Å². The fourth-order valence-electron chi connectivity index (χ4n) is 3.53. The molecule has 2 N–H and O–H groups in total.